The molecule has 9 heteroatoms. The van der Waals surface area contributed by atoms with E-state index in [9.17, 15) is 9.59 Å². The van der Waals surface area contributed by atoms with Crippen molar-refractivity contribution >= 4 is 23.6 Å². The van der Waals surface area contributed by atoms with Crippen LogP contribution in [0.1, 0.15) is 42.1 Å². The van der Waals surface area contributed by atoms with Gasteiger partial charge >= 0.3 is 0 Å². The Kier molecular flexibility index (Phi) is 7.60. The fourth-order valence-electron chi connectivity index (χ4n) is 3.47. The summed E-state index contributed by atoms with van der Waals surface area (Å²) in [7, 11) is 4.49. The van der Waals surface area contributed by atoms with Crippen LogP contribution in [0.2, 0.25) is 0 Å². The number of carbonyl (C=O) groups excluding carboxylic acids is 2. The molecule has 1 saturated heterocycles. The molecule has 0 aliphatic carbocycles. The van der Waals surface area contributed by atoms with E-state index in [0.717, 1.165) is 5.56 Å². The summed E-state index contributed by atoms with van der Waals surface area (Å²) in [5.41, 5.74) is 1.16. The molecule has 3 atom stereocenters. The van der Waals surface area contributed by atoms with Gasteiger partial charge in [0.15, 0.2) is 11.5 Å². The first kappa shape index (κ1) is 23.8. The van der Waals surface area contributed by atoms with Crippen LogP contribution in [-0.2, 0) is 4.79 Å². The van der Waals surface area contributed by atoms with Crippen LogP contribution < -0.4 is 19.5 Å². The Labute approximate surface area is 192 Å². The zero-order valence-corrected chi connectivity index (χ0v) is 20.0. The normalized spacial score (nSPS) is 19.0. The van der Waals surface area contributed by atoms with Crippen molar-refractivity contribution in [2.75, 3.05) is 27.1 Å². The van der Waals surface area contributed by atoms with E-state index in [1.165, 1.54) is 33.1 Å². The van der Waals surface area contributed by atoms with E-state index in [1.54, 1.807) is 29.6 Å². The summed E-state index contributed by atoms with van der Waals surface area (Å²) >= 11 is 1.53. The predicted molar refractivity (Wildman–Crippen MR) is 122 cm³/mol. The zero-order valence-electron chi connectivity index (χ0n) is 19.2. The maximum absolute atomic E-state index is 13.8. The Hall–Kier alpha value is -2.81. The molecular formula is C23H30N2O6S. The van der Waals surface area contributed by atoms with Crippen LogP contribution in [0.15, 0.2) is 35.1 Å². The summed E-state index contributed by atoms with van der Waals surface area (Å²) in [4.78, 5) is 28.5. The number of hydrogen-bond donors (Lipinski definition) is 1. The van der Waals surface area contributed by atoms with Gasteiger partial charge in [0.2, 0.25) is 11.7 Å². The number of rotatable bonds is 8. The quantitative estimate of drug-likeness (QED) is 0.639. The van der Waals surface area contributed by atoms with Gasteiger partial charge in [-0.25, -0.2) is 0 Å². The van der Waals surface area contributed by atoms with Gasteiger partial charge < -0.3 is 28.8 Å². The van der Waals surface area contributed by atoms with Crippen LogP contribution in [0.25, 0.3) is 0 Å². The van der Waals surface area contributed by atoms with Gasteiger partial charge in [-0.15, -0.1) is 11.8 Å². The van der Waals surface area contributed by atoms with Gasteiger partial charge in [-0.1, -0.05) is 13.8 Å². The van der Waals surface area contributed by atoms with Crippen molar-refractivity contribution in [3.8, 4) is 17.2 Å². The number of ether oxygens (including phenoxy) is 3. The third-order valence-corrected chi connectivity index (χ3v) is 6.97. The summed E-state index contributed by atoms with van der Waals surface area (Å²) in [5, 5.41) is 2.69. The first-order valence-electron chi connectivity index (χ1n) is 10.4. The van der Waals surface area contributed by atoms with Crippen molar-refractivity contribution in [3.05, 3.63) is 41.9 Å². The maximum atomic E-state index is 13.8. The molecule has 1 aromatic carbocycles. The molecule has 1 aliphatic heterocycles. The molecule has 2 aromatic rings. The lowest BCUT2D eigenvalue weighted by atomic mass is 10.1. The first-order chi connectivity index (χ1) is 15.3. The molecule has 1 N–H and O–H groups in total. The lowest BCUT2D eigenvalue weighted by Gasteiger charge is -2.30. The second-order valence-electron chi connectivity index (χ2n) is 7.93. The highest BCUT2D eigenvalue weighted by Gasteiger charge is 2.43. The molecule has 0 spiro atoms. The molecule has 174 valence electrons. The minimum Gasteiger partial charge on any atom is -0.493 e. The van der Waals surface area contributed by atoms with Gasteiger partial charge in [-0.2, -0.15) is 0 Å². The van der Waals surface area contributed by atoms with Crippen LogP contribution >= 0.6 is 11.8 Å². The Morgan fingerprint density at radius 3 is 2.28 bits per heavy atom. The summed E-state index contributed by atoms with van der Waals surface area (Å²) in [6, 6.07) is 4.37. The first-order valence-corrected chi connectivity index (χ1v) is 11.4. The Bertz CT molecular complexity index is 921. The average Bonchev–Trinajstić information content (AvgIpc) is 3.46. The number of nitrogens with one attached hydrogen (secondary N) is 1. The average molecular weight is 463 g/mol. The summed E-state index contributed by atoms with van der Waals surface area (Å²) in [6.45, 7) is 6.05. The van der Waals surface area contributed by atoms with E-state index in [4.69, 9.17) is 18.6 Å². The van der Waals surface area contributed by atoms with Gasteiger partial charge in [0, 0.05) is 22.9 Å². The summed E-state index contributed by atoms with van der Waals surface area (Å²) < 4.78 is 21.4. The topological polar surface area (TPSA) is 90.2 Å². The van der Waals surface area contributed by atoms with Crippen LogP contribution in [0, 0.1) is 5.92 Å². The van der Waals surface area contributed by atoms with Crippen molar-refractivity contribution in [3.63, 3.8) is 0 Å². The van der Waals surface area contributed by atoms with Gasteiger partial charge in [0.1, 0.15) is 11.4 Å². The molecule has 8 nitrogen and oxygen atoms in total. The van der Waals surface area contributed by atoms with Gasteiger partial charge in [-0.3, -0.25) is 9.59 Å². The standard InChI is InChI=1S/C23H30N2O6S/c1-13(2)14(3)24-21(26)17-12-32-23(15-7-8-31-11-15)25(17)22(27)16-9-18(28-4)20(30-6)19(10-16)29-5/h7-11,13-14,17,23H,12H2,1-6H3,(H,24,26). The van der Waals surface area contributed by atoms with Crippen molar-refractivity contribution in [2.45, 2.75) is 38.2 Å². The minimum absolute atomic E-state index is 0.0152. The SMILES string of the molecule is COc1cc(C(=O)N2C(C(=O)NC(C)C(C)C)CSC2c2ccoc2)cc(OC)c1OC. The summed E-state index contributed by atoms with van der Waals surface area (Å²) in [5.74, 6) is 1.41. The number of hydrogen-bond acceptors (Lipinski definition) is 7. The number of methoxy groups -OCH3 is 3. The molecule has 1 aliphatic rings. The number of carbonyl (C=O) groups is 2. The fraction of sp³-hybridized carbons (Fsp3) is 0.478. The minimum atomic E-state index is -0.632. The highest BCUT2D eigenvalue weighted by Crippen LogP contribution is 2.44. The number of benzene rings is 1. The molecular weight excluding hydrogens is 432 g/mol. The molecule has 2 heterocycles. The third-order valence-electron chi connectivity index (χ3n) is 5.65. The number of thioether (sulfide) groups is 1. The zero-order chi connectivity index (χ0) is 23.4. The van der Waals surface area contributed by atoms with E-state index in [1.807, 2.05) is 26.8 Å². The smallest absolute Gasteiger partial charge is 0.256 e. The predicted octanol–water partition coefficient (Wildman–Crippen LogP) is 3.72. The highest BCUT2D eigenvalue weighted by atomic mass is 32.2. The van der Waals surface area contributed by atoms with Gasteiger partial charge in [0.05, 0.1) is 33.9 Å². The molecule has 32 heavy (non-hydrogen) atoms. The van der Waals surface area contributed by atoms with Crippen molar-refractivity contribution in [2.24, 2.45) is 5.92 Å². The van der Waals surface area contributed by atoms with Crippen molar-refractivity contribution < 1.29 is 28.2 Å². The molecule has 3 unspecified atom stereocenters. The van der Waals surface area contributed by atoms with Crippen LogP contribution in [-0.4, -0.2) is 55.9 Å². The molecule has 3 rings (SSSR count). The van der Waals surface area contributed by atoms with Crippen LogP contribution in [0.4, 0.5) is 0 Å². The van der Waals surface area contributed by atoms with E-state index < -0.39 is 6.04 Å². The highest BCUT2D eigenvalue weighted by molar-refractivity contribution is 7.99. The van der Waals surface area contributed by atoms with E-state index in [0.29, 0.717) is 28.6 Å². The second-order valence-corrected chi connectivity index (χ2v) is 9.04. The van der Waals surface area contributed by atoms with Crippen LogP contribution in [0.5, 0.6) is 17.2 Å². The van der Waals surface area contributed by atoms with Crippen molar-refractivity contribution in [1.82, 2.24) is 10.2 Å². The second kappa shape index (κ2) is 10.2. The number of furan rings is 1. The van der Waals surface area contributed by atoms with Crippen LogP contribution in [0.3, 0.4) is 0 Å². The molecule has 1 aromatic heterocycles. The fourth-order valence-corrected chi connectivity index (χ4v) is 4.88. The Morgan fingerprint density at radius 1 is 1.12 bits per heavy atom. The molecule has 0 radical (unpaired) electrons. The Morgan fingerprint density at radius 2 is 1.78 bits per heavy atom. The lowest BCUT2D eigenvalue weighted by Crippen LogP contribution is -2.50. The monoisotopic (exact) mass is 462 g/mol. The van der Waals surface area contributed by atoms with Gasteiger partial charge in [-0.05, 0) is 31.0 Å². The number of amides is 2. The van der Waals surface area contributed by atoms with E-state index in [-0.39, 0.29) is 29.1 Å². The maximum Gasteiger partial charge on any atom is 0.256 e. The molecule has 1 fully saturated rings. The van der Waals surface area contributed by atoms with Gasteiger partial charge in [0.25, 0.3) is 5.91 Å². The van der Waals surface area contributed by atoms with E-state index >= 15 is 0 Å². The number of nitrogens with zero attached hydrogens (tertiary/aromatic N) is 1. The molecule has 0 bridgehead atoms. The lowest BCUT2D eigenvalue weighted by molar-refractivity contribution is -0.125. The largest absolute Gasteiger partial charge is 0.493 e. The van der Waals surface area contributed by atoms with E-state index in [2.05, 4.69) is 5.32 Å². The third kappa shape index (κ3) is 4.67. The summed E-state index contributed by atoms with van der Waals surface area (Å²) in [6.07, 6.45) is 3.16. The molecule has 0 saturated carbocycles. The Balaban J connectivity index is 2.00. The molecule has 2 amide bonds. The van der Waals surface area contributed by atoms with Crippen molar-refractivity contribution in [1.29, 1.82) is 0 Å².